The lowest BCUT2D eigenvalue weighted by Crippen LogP contribution is -2.65. The van der Waals surface area contributed by atoms with Crippen LogP contribution in [0.5, 0.6) is 0 Å². The van der Waals surface area contributed by atoms with Crippen molar-refractivity contribution in [2.75, 3.05) is 26.9 Å². The normalized spacial score (nSPS) is 49.7. The highest BCUT2D eigenvalue weighted by atomic mass is 32.3. The molecule has 0 aromatic rings. The van der Waals surface area contributed by atoms with E-state index in [1.807, 2.05) is 6.92 Å². The minimum absolute atomic E-state index is 0.00650. The van der Waals surface area contributed by atoms with E-state index in [0.29, 0.717) is 50.9 Å². The average molecular weight is 1180 g/mol. The number of carbonyl (C=O) groups is 2. The summed E-state index contributed by atoms with van der Waals surface area (Å²) < 4.78 is 104. The Balaban J connectivity index is 0.906. The van der Waals surface area contributed by atoms with Gasteiger partial charge in [0.2, 0.25) is 0 Å². The summed E-state index contributed by atoms with van der Waals surface area (Å²) in [7, 11) is -3.95. The fourth-order valence-corrected chi connectivity index (χ4v) is 17.0. The van der Waals surface area contributed by atoms with Crippen LogP contribution >= 0.6 is 0 Å². The Hall–Kier alpha value is -2.13. The van der Waals surface area contributed by atoms with E-state index in [1.165, 1.54) is 26.5 Å². The van der Waals surface area contributed by atoms with Crippen LogP contribution in [0.4, 0.5) is 0 Å². The van der Waals surface area contributed by atoms with Crippen LogP contribution in [-0.2, 0) is 76.3 Å². The topological polar surface area (TPSA) is 361 Å². The first kappa shape index (κ1) is 63.4. The summed E-state index contributed by atoms with van der Waals surface area (Å²) in [5.41, 5.74) is -2.08. The molecule has 3 saturated carbocycles. The van der Waals surface area contributed by atoms with Crippen LogP contribution in [0.15, 0.2) is 11.6 Å². The quantitative estimate of drug-likeness (QED) is 0.0550. The maximum atomic E-state index is 14.7. The molecule has 27 atom stereocenters. The van der Waals surface area contributed by atoms with E-state index in [1.54, 1.807) is 0 Å². The van der Waals surface area contributed by atoms with Crippen molar-refractivity contribution in [1.82, 2.24) is 0 Å². The van der Waals surface area contributed by atoms with E-state index >= 15 is 0 Å². The molecule has 26 heteroatoms. The maximum absolute atomic E-state index is 14.7. The van der Waals surface area contributed by atoms with Crippen LogP contribution in [0.2, 0.25) is 0 Å². The monoisotopic (exact) mass is 1180 g/mol. The largest absolute Gasteiger partial charge is 0.462 e. The second-order valence-electron chi connectivity index (χ2n) is 26.1. The fourth-order valence-electron chi connectivity index (χ4n) is 16.5. The highest BCUT2D eigenvalue weighted by molar-refractivity contribution is 7.80. The number of ether oxygens (including phenoxy) is 11. The molecule has 1 spiro atoms. The highest BCUT2D eigenvalue weighted by Gasteiger charge is 2.79. The van der Waals surface area contributed by atoms with Gasteiger partial charge in [-0.1, -0.05) is 59.6 Å². The lowest BCUT2D eigenvalue weighted by molar-refractivity contribution is -0.382. The number of allylic oxidation sites excluding steroid dienone is 2. The molecule has 9 aliphatic rings. The first-order valence-electron chi connectivity index (χ1n) is 28.7. The fraction of sp³-hybridized carbons (Fsp3) is 0.927. The lowest BCUT2D eigenvalue weighted by Gasteiger charge is -2.64. The van der Waals surface area contributed by atoms with Crippen LogP contribution < -0.4 is 0 Å². The van der Waals surface area contributed by atoms with Gasteiger partial charge in [-0.3, -0.25) is 14.1 Å². The van der Waals surface area contributed by atoms with Crippen molar-refractivity contribution in [2.45, 2.75) is 249 Å². The van der Waals surface area contributed by atoms with Gasteiger partial charge >= 0.3 is 22.3 Å². The van der Waals surface area contributed by atoms with Gasteiger partial charge in [0.1, 0.15) is 91.1 Å². The molecule has 0 unspecified atom stereocenters. The molecule has 0 aromatic heterocycles. The van der Waals surface area contributed by atoms with Gasteiger partial charge in [-0.15, -0.1) is 0 Å². The standard InChI is InChI=1S/C55H88O25S/c1-24(2)12-11-17-54(9)45-30(73-26(4)57)20-53(8)28-13-14-33-51(5,6)34(16-18-52(33,7)27(28)15-19-55(45,53)50(65)79-54)75-49-44(36(60)32(23-71-49)80-81(66,67)68)78-47-38(62)37(61)41(25(3)72-47)76-46-39(63)42(29(58)22-70-46)77-48-40(64)43(69-10)35(59)31(21-56)74-48/h13,24-25,27,29-49,56,58-64H,11-12,14-23H2,1-10H3,(H,66,67,68)/t25-,27+,29-,30+,31-,32-,33+,34+,35-,36+,37-,38-,39-,40-,41-,42+,43+,44-,45-,46+,47+,48+,49+,52-,53+,54+,55-/m1/s1. The number of fused-ring (bicyclic) bond motifs is 4. The SMILES string of the molecule is CO[C@@H]1[C@@H](O)[C@H](O[C@@H]2[C@@H](O)[C@H](O[C@H]3[C@H](O)[C@@H](O)[C@H](O[C@H]4[C@H](O[C@H]5CC[C@]6(C)[C@H]7CC[C@]89C(=O)O[C@@](C)(CCCC(C)C)[C@H]8[C@@H](OC(C)=O)C[C@@]9(C)C7=CC[C@H]6C5(C)C)OC[C@@H](OS(=O)(=O)O)[C@@H]4O)O[C@@H]3C)OC[C@H]2O)O[C@H](CO)[C@H]1O. The Morgan fingerprint density at radius 3 is 2.09 bits per heavy atom. The van der Waals surface area contributed by atoms with Gasteiger partial charge in [0.15, 0.2) is 25.2 Å². The van der Waals surface area contributed by atoms with Crippen LogP contribution in [0.25, 0.3) is 0 Å². The highest BCUT2D eigenvalue weighted by Crippen LogP contribution is 2.77. The number of aliphatic hydroxyl groups is 8. The van der Waals surface area contributed by atoms with Gasteiger partial charge in [0, 0.05) is 19.4 Å². The number of rotatable bonds is 17. The van der Waals surface area contributed by atoms with Gasteiger partial charge < -0.3 is 93.0 Å². The molecule has 5 heterocycles. The van der Waals surface area contributed by atoms with Crippen molar-refractivity contribution in [1.29, 1.82) is 0 Å². The van der Waals surface area contributed by atoms with Crippen molar-refractivity contribution in [2.24, 2.45) is 45.3 Å². The number of cyclic esters (lactones) is 1. The van der Waals surface area contributed by atoms with Gasteiger partial charge in [0.25, 0.3) is 0 Å². The zero-order chi connectivity index (χ0) is 59.3. The van der Waals surface area contributed by atoms with Crippen molar-refractivity contribution >= 4 is 22.3 Å². The van der Waals surface area contributed by atoms with E-state index < -0.39 is 181 Å². The third kappa shape index (κ3) is 11.2. The molecule has 9 N–H and O–H groups in total. The molecule has 8 fully saturated rings. The first-order valence-corrected chi connectivity index (χ1v) is 30.1. The van der Waals surface area contributed by atoms with Gasteiger partial charge in [-0.25, -0.2) is 4.18 Å². The molecule has 0 amide bonds. The smallest absolute Gasteiger partial charge is 0.397 e. The van der Waals surface area contributed by atoms with Crippen LogP contribution in [0.1, 0.15) is 120 Å². The molecule has 25 nitrogen and oxygen atoms in total. The number of hydrogen-bond donors (Lipinski definition) is 9. The Morgan fingerprint density at radius 2 is 1.43 bits per heavy atom. The lowest BCUT2D eigenvalue weighted by atomic mass is 9.41. The zero-order valence-electron chi connectivity index (χ0n) is 47.9. The number of methoxy groups -OCH3 is 1. The number of esters is 2. The van der Waals surface area contributed by atoms with Gasteiger partial charge in [0.05, 0.1) is 43.4 Å². The van der Waals surface area contributed by atoms with Crippen molar-refractivity contribution < 1.29 is 120 Å². The first-order chi connectivity index (χ1) is 37.9. The predicted octanol–water partition coefficient (Wildman–Crippen LogP) is 0.700. The average Bonchev–Trinajstić information content (AvgIpc) is 1.74. The van der Waals surface area contributed by atoms with Crippen molar-refractivity contribution in [3.8, 4) is 0 Å². The van der Waals surface area contributed by atoms with E-state index in [-0.39, 0.29) is 29.1 Å². The molecule has 5 saturated heterocycles. The summed E-state index contributed by atoms with van der Waals surface area (Å²) >= 11 is 0. The molecule has 0 radical (unpaired) electrons. The number of carbonyl (C=O) groups excluding carboxylic acids is 2. The molecule has 4 aliphatic carbocycles. The molecule has 0 bridgehead atoms. The van der Waals surface area contributed by atoms with Crippen LogP contribution in [0, 0.1) is 45.3 Å². The van der Waals surface area contributed by atoms with E-state index in [2.05, 4.69) is 47.6 Å². The van der Waals surface area contributed by atoms with Crippen LogP contribution in [-0.4, -0.2) is 221 Å². The Morgan fingerprint density at radius 1 is 0.778 bits per heavy atom. The summed E-state index contributed by atoms with van der Waals surface area (Å²) in [5, 5.41) is 88.4. The number of hydrogen-bond acceptors (Lipinski definition) is 24. The molecule has 81 heavy (non-hydrogen) atoms. The summed E-state index contributed by atoms with van der Waals surface area (Å²) in [6.07, 6.45) is -21.7. The second-order valence-corrected chi connectivity index (χ2v) is 27.1. The zero-order valence-corrected chi connectivity index (χ0v) is 48.7. The number of aliphatic hydroxyl groups excluding tert-OH is 8. The van der Waals surface area contributed by atoms with Crippen molar-refractivity contribution in [3.05, 3.63) is 11.6 Å². The van der Waals surface area contributed by atoms with E-state index in [9.17, 15) is 63.4 Å². The van der Waals surface area contributed by atoms with E-state index in [0.717, 1.165) is 12.8 Å². The minimum atomic E-state index is -5.16. The summed E-state index contributed by atoms with van der Waals surface area (Å²) in [6.45, 7) is 16.1. The minimum Gasteiger partial charge on any atom is -0.462 e. The van der Waals surface area contributed by atoms with Crippen LogP contribution in [0.3, 0.4) is 0 Å². The summed E-state index contributed by atoms with van der Waals surface area (Å²) in [5.74, 6) is -0.409. The summed E-state index contributed by atoms with van der Waals surface area (Å²) in [4.78, 5) is 27.4. The third-order valence-electron chi connectivity index (χ3n) is 20.4. The molecule has 0 aromatic carbocycles. The Kier molecular flexibility index (Phi) is 18.4. The molecular formula is C55H88O25S. The summed E-state index contributed by atoms with van der Waals surface area (Å²) in [6, 6.07) is 0. The Bertz CT molecular complexity index is 2390. The third-order valence-corrected chi connectivity index (χ3v) is 20.9. The van der Waals surface area contributed by atoms with Gasteiger partial charge in [-0.05, 0) is 93.8 Å². The molecule has 464 valence electrons. The van der Waals surface area contributed by atoms with Crippen molar-refractivity contribution in [3.63, 3.8) is 0 Å². The Labute approximate surface area is 473 Å². The van der Waals surface area contributed by atoms with E-state index in [4.69, 9.17) is 56.3 Å². The molecule has 9 rings (SSSR count). The maximum Gasteiger partial charge on any atom is 0.397 e. The predicted molar refractivity (Wildman–Crippen MR) is 276 cm³/mol. The second kappa shape index (κ2) is 23.5. The molecular weight excluding hydrogens is 1090 g/mol. The van der Waals surface area contributed by atoms with Gasteiger partial charge in [-0.2, -0.15) is 8.42 Å². The molecule has 5 aliphatic heterocycles.